The molecule has 0 unspecified atom stereocenters. The highest BCUT2D eigenvalue weighted by atomic mass is 32.2. The predicted molar refractivity (Wildman–Crippen MR) is 131 cm³/mol. The largest absolute Gasteiger partial charge is 0.490 e. The molecule has 0 N–H and O–H groups in total. The average molecular weight is 466 g/mol. The van der Waals surface area contributed by atoms with E-state index in [0.717, 1.165) is 28.6 Å². The van der Waals surface area contributed by atoms with E-state index in [0.29, 0.717) is 23.9 Å². The van der Waals surface area contributed by atoms with Gasteiger partial charge in [0.2, 0.25) is 0 Å². The first-order valence-corrected chi connectivity index (χ1v) is 11.2. The Bertz CT molecular complexity index is 1200. The van der Waals surface area contributed by atoms with Crippen molar-refractivity contribution in [3.63, 3.8) is 0 Å². The molecule has 0 atom stereocenters. The number of hydrogen-bond acceptors (Lipinski definition) is 5. The van der Waals surface area contributed by atoms with Crippen molar-refractivity contribution in [2.45, 2.75) is 6.92 Å². The van der Waals surface area contributed by atoms with Crippen LogP contribution in [0.3, 0.4) is 0 Å². The minimum absolute atomic E-state index is 0.149. The summed E-state index contributed by atoms with van der Waals surface area (Å²) in [7, 11) is 0. The molecule has 0 aliphatic carbocycles. The Morgan fingerprint density at radius 1 is 1.00 bits per heavy atom. The summed E-state index contributed by atoms with van der Waals surface area (Å²) in [5.41, 5.74) is 2.01. The van der Waals surface area contributed by atoms with E-state index >= 15 is 0 Å². The van der Waals surface area contributed by atoms with Gasteiger partial charge in [0.05, 0.1) is 10.6 Å². The fraction of sp³-hybridized carbons (Fsp3) is 0.120. The van der Waals surface area contributed by atoms with Gasteiger partial charge in [0, 0.05) is 5.56 Å². The number of aryl methyl sites for hydroxylation is 1. The van der Waals surface area contributed by atoms with Crippen LogP contribution >= 0.6 is 24.0 Å². The molecule has 3 aromatic rings. The highest BCUT2D eigenvalue weighted by Crippen LogP contribution is 2.37. The third-order valence-electron chi connectivity index (χ3n) is 4.69. The van der Waals surface area contributed by atoms with Crippen molar-refractivity contribution in [3.05, 3.63) is 94.6 Å². The van der Waals surface area contributed by atoms with Crippen LogP contribution in [0.5, 0.6) is 11.5 Å². The Kier molecular flexibility index (Phi) is 6.87. The first-order valence-electron chi connectivity index (χ1n) is 9.97. The highest BCUT2D eigenvalue weighted by Gasteiger charge is 2.34. The van der Waals surface area contributed by atoms with Crippen LogP contribution in [0.4, 0.5) is 10.1 Å². The van der Waals surface area contributed by atoms with Crippen molar-refractivity contribution in [2.24, 2.45) is 0 Å². The lowest BCUT2D eigenvalue weighted by atomic mass is 10.2. The summed E-state index contributed by atoms with van der Waals surface area (Å²) in [4.78, 5) is 14.6. The van der Waals surface area contributed by atoms with Gasteiger partial charge in [-0.1, -0.05) is 66.4 Å². The second-order valence-electron chi connectivity index (χ2n) is 7.02. The Morgan fingerprint density at radius 2 is 1.75 bits per heavy atom. The minimum atomic E-state index is -0.498. The summed E-state index contributed by atoms with van der Waals surface area (Å²) in [6, 6.07) is 21.3. The first-order chi connectivity index (χ1) is 15.5. The molecule has 0 spiro atoms. The monoisotopic (exact) mass is 465 g/mol. The summed E-state index contributed by atoms with van der Waals surface area (Å²) in [6.07, 6.45) is 1.72. The molecule has 1 heterocycles. The molecule has 0 radical (unpaired) electrons. The zero-order chi connectivity index (χ0) is 22.5. The van der Waals surface area contributed by atoms with E-state index in [1.165, 1.54) is 17.0 Å². The third-order valence-corrected chi connectivity index (χ3v) is 5.99. The summed E-state index contributed by atoms with van der Waals surface area (Å²) < 4.78 is 26.1. The number of para-hydroxylation sites is 2. The molecule has 4 rings (SSSR count). The van der Waals surface area contributed by atoms with Crippen molar-refractivity contribution >= 4 is 46.0 Å². The molecule has 0 bridgehead atoms. The number of halogens is 1. The van der Waals surface area contributed by atoms with Crippen molar-refractivity contribution in [1.82, 2.24) is 0 Å². The quantitative estimate of drug-likeness (QED) is 0.243. The number of nitrogens with zero attached hydrogens (tertiary/aromatic N) is 1. The standard InChI is InChI=1S/C25H20FNO3S2/c1-17-7-6-9-19(15-17)29-13-14-30-22-12-5-2-8-18(22)16-23-24(28)27(25(31)32-23)21-11-4-3-10-20(21)26/h2-12,15-16H,13-14H2,1H3/b23-16-. The van der Waals surface area contributed by atoms with E-state index in [1.807, 2.05) is 55.5 Å². The number of anilines is 1. The van der Waals surface area contributed by atoms with Crippen molar-refractivity contribution < 1.29 is 18.7 Å². The number of ether oxygens (including phenoxy) is 2. The van der Waals surface area contributed by atoms with Gasteiger partial charge < -0.3 is 9.47 Å². The van der Waals surface area contributed by atoms with E-state index in [1.54, 1.807) is 18.2 Å². The van der Waals surface area contributed by atoms with Gasteiger partial charge in [-0.25, -0.2) is 4.39 Å². The van der Waals surface area contributed by atoms with Gasteiger partial charge in [0.25, 0.3) is 5.91 Å². The molecule has 1 aliphatic heterocycles. The molecule has 7 heteroatoms. The smallest absolute Gasteiger partial charge is 0.270 e. The van der Waals surface area contributed by atoms with E-state index in [-0.39, 0.29) is 15.9 Å². The van der Waals surface area contributed by atoms with Crippen LogP contribution < -0.4 is 14.4 Å². The molecule has 0 saturated carbocycles. The highest BCUT2D eigenvalue weighted by molar-refractivity contribution is 8.27. The number of benzene rings is 3. The number of amides is 1. The van der Waals surface area contributed by atoms with Gasteiger partial charge >= 0.3 is 0 Å². The summed E-state index contributed by atoms with van der Waals surface area (Å²) in [5, 5.41) is 0. The van der Waals surface area contributed by atoms with Crippen molar-refractivity contribution in [3.8, 4) is 11.5 Å². The maximum Gasteiger partial charge on any atom is 0.270 e. The fourth-order valence-electron chi connectivity index (χ4n) is 3.20. The molecular weight excluding hydrogens is 445 g/mol. The summed E-state index contributed by atoms with van der Waals surface area (Å²) in [5.74, 6) is 0.556. The van der Waals surface area contributed by atoms with Crippen molar-refractivity contribution in [1.29, 1.82) is 0 Å². The van der Waals surface area contributed by atoms with Gasteiger partial charge in [-0.2, -0.15) is 0 Å². The number of thioether (sulfide) groups is 1. The van der Waals surface area contributed by atoms with E-state index < -0.39 is 5.82 Å². The van der Waals surface area contributed by atoms with Gasteiger partial charge in [-0.15, -0.1) is 0 Å². The molecule has 162 valence electrons. The molecule has 32 heavy (non-hydrogen) atoms. The maximum absolute atomic E-state index is 14.2. The third kappa shape index (κ3) is 5.00. The minimum Gasteiger partial charge on any atom is -0.490 e. The summed E-state index contributed by atoms with van der Waals surface area (Å²) >= 11 is 6.48. The Balaban J connectivity index is 1.46. The number of hydrogen-bond donors (Lipinski definition) is 0. The van der Waals surface area contributed by atoms with E-state index in [9.17, 15) is 9.18 Å². The topological polar surface area (TPSA) is 38.8 Å². The zero-order valence-electron chi connectivity index (χ0n) is 17.3. The van der Waals surface area contributed by atoms with E-state index in [4.69, 9.17) is 21.7 Å². The average Bonchev–Trinajstić information content (AvgIpc) is 3.05. The molecule has 3 aromatic carbocycles. The Labute approximate surface area is 195 Å². The first kappa shape index (κ1) is 22.0. The van der Waals surface area contributed by atoms with Gasteiger partial charge in [0.15, 0.2) is 4.32 Å². The number of rotatable bonds is 7. The Hall–Kier alpha value is -3.16. The SMILES string of the molecule is Cc1cccc(OCCOc2ccccc2/C=C2\SC(=S)N(c3ccccc3F)C2=O)c1. The number of carbonyl (C=O) groups is 1. The molecule has 4 nitrogen and oxygen atoms in total. The van der Waals surface area contributed by atoms with Crippen LogP contribution in [0.25, 0.3) is 6.08 Å². The Morgan fingerprint density at radius 3 is 2.56 bits per heavy atom. The molecule has 0 aromatic heterocycles. The molecule has 1 saturated heterocycles. The zero-order valence-corrected chi connectivity index (χ0v) is 18.9. The van der Waals surface area contributed by atoms with Gasteiger partial charge in [-0.05, 0) is 48.9 Å². The number of thiocarbonyl (C=S) groups is 1. The van der Waals surface area contributed by atoms with Crippen molar-refractivity contribution in [2.75, 3.05) is 18.1 Å². The lowest BCUT2D eigenvalue weighted by Gasteiger charge is -2.15. The van der Waals surface area contributed by atoms with Crippen LogP contribution in [-0.2, 0) is 4.79 Å². The second-order valence-corrected chi connectivity index (χ2v) is 8.70. The molecule has 1 aliphatic rings. The predicted octanol–water partition coefficient (Wildman–Crippen LogP) is 6.00. The molecular formula is C25H20FNO3S2. The van der Waals surface area contributed by atoms with Crippen LogP contribution in [0.1, 0.15) is 11.1 Å². The lowest BCUT2D eigenvalue weighted by molar-refractivity contribution is -0.113. The lowest BCUT2D eigenvalue weighted by Crippen LogP contribution is -2.28. The second kappa shape index (κ2) is 9.97. The maximum atomic E-state index is 14.2. The summed E-state index contributed by atoms with van der Waals surface area (Å²) in [6.45, 7) is 2.73. The van der Waals surface area contributed by atoms with Gasteiger partial charge in [0.1, 0.15) is 30.5 Å². The van der Waals surface area contributed by atoms with Crippen LogP contribution in [0.2, 0.25) is 0 Å². The van der Waals surface area contributed by atoms with Gasteiger partial charge in [-0.3, -0.25) is 9.69 Å². The van der Waals surface area contributed by atoms with E-state index in [2.05, 4.69) is 0 Å². The normalized spacial score (nSPS) is 14.8. The molecule has 1 fully saturated rings. The number of carbonyl (C=O) groups excluding carboxylic acids is 1. The van der Waals surface area contributed by atoms with Crippen LogP contribution in [0.15, 0.2) is 77.7 Å². The molecule has 1 amide bonds. The van der Waals surface area contributed by atoms with Crippen LogP contribution in [-0.4, -0.2) is 23.4 Å². The van der Waals surface area contributed by atoms with Crippen LogP contribution in [0, 0.1) is 12.7 Å². The fourth-order valence-corrected chi connectivity index (χ4v) is 4.47.